The molecule has 0 aromatic heterocycles. The maximum Gasteiger partial charge on any atom is 0.248 e. The number of hydrogen-bond acceptors (Lipinski definition) is 4. The summed E-state index contributed by atoms with van der Waals surface area (Å²) in [6.07, 6.45) is 1.18. The molecule has 0 spiro atoms. The van der Waals surface area contributed by atoms with Crippen molar-refractivity contribution in [2.75, 3.05) is 39.0 Å². The van der Waals surface area contributed by atoms with Gasteiger partial charge in [0.05, 0.1) is 0 Å². The summed E-state index contributed by atoms with van der Waals surface area (Å²) < 4.78 is 0. The first kappa shape index (κ1) is 13.8. The van der Waals surface area contributed by atoms with Crippen LogP contribution >= 0.6 is 0 Å². The Morgan fingerprint density at radius 3 is 2.74 bits per heavy atom. The molecule has 1 aromatic carbocycles. The molecule has 1 amide bonds. The Kier molecular flexibility index (Phi) is 4.39. The lowest BCUT2D eigenvalue weighted by Crippen LogP contribution is -2.28. The molecule has 1 aliphatic rings. The van der Waals surface area contributed by atoms with E-state index < -0.39 is 5.91 Å². The number of anilines is 1. The van der Waals surface area contributed by atoms with Crippen LogP contribution in [-0.4, -0.2) is 48.9 Å². The van der Waals surface area contributed by atoms with Gasteiger partial charge in [-0.3, -0.25) is 9.69 Å². The van der Waals surface area contributed by atoms with E-state index in [-0.39, 0.29) is 0 Å². The van der Waals surface area contributed by atoms with Crippen molar-refractivity contribution >= 4 is 11.6 Å². The van der Waals surface area contributed by atoms with Crippen molar-refractivity contribution < 1.29 is 4.79 Å². The van der Waals surface area contributed by atoms with Crippen molar-refractivity contribution in [2.45, 2.75) is 13.0 Å². The Morgan fingerprint density at radius 2 is 2.05 bits per heavy atom. The summed E-state index contributed by atoms with van der Waals surface area (Å²) in [5.74, 6) is -0.436. The molecule has 0 atom stereocenters. The van der Waals surface area contributed by atoms with Crippen LogP contribution in [0.3, 0.4) is 0 Å². The van der Waals surface area contributed by atoms with E-state index in [9.17, 15) is 4.79 Å². The van der Waals surface area contributed by atoms with Crippen LogP contribution in [0.1, 0.15) is 22.3 Å². The smallest absolute Gasteiger partial charge is 0.248 e. The average Bonchev–Trinajstić information content (AvgIpc) is 2.57. The van der Waals surface area contributed by atoms with Crippen molar-refractivity contribution in [1.29, 1.82) is 0 Å². The molecule has 0 unspecified atom stereocenters. The van der Waals surface area contributed by atoms with Crippen LogP contribution < -0.4 is 11.5 Å². The molecule has 19 heavy (non-hydrogen) atoms. The Bertz CT molecular complexity index is 461. The zero-order valence-electron chi connectivity index (χ0n) is 11.4. The highest BCUT2D eigenvalue weighted by Crippen LogP contribution is 2.17. The first-order valence-electron chi connectivity index (χ1n) is 6.65. The standard InChI is InChI=1S/C14H22N4O/c1-17-5-2-6-18(8-7-17)10-12-4-3-11(14(16)19)9-13(12)15/h3-4,9H,2,5-8,10,15H2,1H3,(H2,16,19). The van der Waals surface area contributed by atoms with Gasteiger partial charge in [-0.1, -0.05) is 6.07 Å². The molecule has 2 rings (SSSR count). The molecule has 1 fully saturated rings. The summed E-state index contributed by atoms with van der Waals surface area (Å²) in [4.78, 5) is 15.8. The lowest BCUT2D eigenvalue weighted by molar-refractivity contribution is 0.100. The molecular weight excluding hydrogens is 240 g/mol. The molecule has 1 aromatic rings. The fourth-order valence-electron chi connectivity index (χ4n) is 2.39. The third-order valence-corrected chi connectivity index (χ3v) is 3.64. The van der Waals surface area contributed by atoms with E-state index in [1.54, 1.807) is 12.1 Å². The minimum absolute atomic E-state index is 0.436. The van der Waals surface area contributed by atoms with Gasteiger partial charge < -0.3 is 16.4 Å². The van der Waals surface area contributed by atoms with Gasteiger partial charge in [0, 0.05) is 30.9 Å². The number of likely N-dealkylation sites (N-methyl/N-ethyl adjacent to an activating group) is 1. The summed E-state index contributed by atoms with van der Waals surface area (Å²) in [6, 6.07) is 5.32. The van der Waals surface area contributed by atoms with Crippen molar-refractivity contribution in [3.63, 3.8) is 0 Å². The van der Waals surface area contributed by atoms with Gasteiger partial charge in [0.2, 0.25) is 5.91 Å². The predicted octanol–water partition coefficient (Wildman–Crippen LogP) is 0.505. The van der Waals surface area contributed by atoms with Crippen LogP contribution in [0.4, 0.5) is 5.69 Å². The lowest BCUT2D eigenvalue weighted by Gasteiger charge is -2.21. The zero-order chi connectivity index (χ0) is 13.8. The molecule has 104 valence electrons. The Labute approximate surface area is 114 Å². The van der Waals surface area contributed by atoms with Gasteiger partial charge >= 0.3 is 0 Å². The highest BCUT2D eigenvalue weighted by Gasteiger charge is 2.14. The largest absolute Gasteiger partial charge is 0.398 e. The molecular formula is C14H22N4O. The monoisotopic (exact) mass is 262 g/mol. The molecule has 0 radical (unpaired) electrons. The summed E-state index contributed by atoms with van der Waals surface area (Å²) in [5, 5.41) is 0. The first-order valence-corrected chi connectivity index (χ1v) is 6.65. The maximum absolute atomic E-state index is 11.1. The predicted molar refractivity (Wildman–Crippen MR) is 76.8 cm³/mol. The number of nitrogens with zero attached hydrogens (tertiary/aromatic N) is 2. The summed E-state index contributed by atoms with van der Waals surface area (Å²) in [6.45, 7) is 5.19. The molecule has 5 heteroatoms. The molecule has 4 N–H and O–H groups in total. The second-order valence-corrected chi connectivity index (χ2v) is 5.21. The van der Waals surface area contributed by atoms with Gasteiger partial charge in [-0.05, 0) is 44.3 Å². The van der Waals surface area contributed by atoms with Crippen molar-refractivity contribution in [3.8, 4) is 0 Å². The van der Waals surface area contributed by atoms with Crippen molar-refractivity contribution in [2.24, 2.45) is 5.73 Å². The average molecular weight is 262 g/mol. The highest BCUT2D eigenvalue weighted by atomic mass is 16.1. The topological polar surface area (TPSA) is 75.6 Å². The first-order chi connectivity index (χ1) is 9.06. The molecule has 0 bridgehead atoms. The molecule has 1 saturated heterocycles. The second-order valence-electron chi connectivity index (χ2n) is 5.21. The molecule has 5 nitrogen and oxygen atoms in total. The zero-order valence-corrected chi connectivity index (χ0v) is 11.4. The van der Waals surface area contributed by atoms with E-state index in [2.05, 4.69) is 16.8 Å². The Hall–Kier alpha value is -1.59. The molecule has 1 heterocycles. The Balaban J connectivity index is 2.04. The number of carbonyl (C=O) groups excluding carboxylic acids is 1. The molecule has 1 aliphatic heterocycles. The fraction of sp³-hybridized carbons (Fsp3) is 0.500. The Morgan fingerprint density at radius 1 is 1.26 bits per heavy atom. The highest BCUT2D eigenvalue weighted by molar-refractivity contribution is 5.93. The third-order valence-electron chi connectivity index (χ3n) is 3.64. The van der Waals surface area contributed by atoms with Gasteiger partial charge in [0.1, 0.15) is 0 Å². The number of primary amides is 1. The maximum atomic E-state index is 11.1. The number of nitrogens with two attached hydrogens (primary N) is 2. The summed E-state index contributed by atoms with van der Waals surface area (Å²) in [7, 11) is 2.15. The number of carbonyl (C=O) groups is 1. The molecule has 0 aliphatic carbocycles. The number of nitrogen functional groups attached to an aromatic ring is 1. The number of amides is 1. The summed E-state index contributed by atoms with van der Waals surface area (Å²) in [5.41, 5.74) is 13.4. The fourth-order valence-corrected chi connectivity index (χ4v) is 2.39. The normalized spacial score (nSPS) is 18.2. The van der Waals surface area contributed by atoms with E-state index in [1.807, 2.05) is 6.07 Å². The number of rotatable bonds is 3. The summed E-state index contributed by atoms with van der Waals surface area (Å²) >= 11 is 0. The second kappa shape index (κ2) is 6.04. The third kappa shape index (κ3) is 3.68. The van der Waals surface area contributed by atoms with Crippen LogP contribution in [0, 0.1) is 0 Å². The van der Waals surface area contributed by atoms with Gasteiger partial charge in [0.25, 0.3) is 0 Å². The van der Waals surface area contributed by atoms with E-state index in [4.69, 9.17) is 11.5 Å². The van der Waals surface area contributed by atoms with Gasteiger partial charge in [-0.15, -0.1) is 0 Å². The van der Waals surface area contributed by atoms with E-state index in [1.165, 1.54) is 6.42 Å². The van der Waals surface area contributed by atoms with E-state index >= 15 is 0 Å². The van der Waals surface area contributed by atoms with Crippen LogP contribution in [0.15, 0.2) is 18.2 Å². The minimum atomic E-state index is -0.436. The van der Waals surface area contributed by atoms with Crippen LogP contribution in [-0.2, 0) is 6.54 Å². The van der Waals surface area contributed by atoms with E-state index in [0.717, 1.165) is 38.3 Å². The van der Waals surface area contributed by atoms with Crippen LogP contribution in [0.5, 0.6) is 0 Å². The number of benzene rings is 1. The quantitative estimate of drug-likeness (QED) is 0.778. The molecule has 0 saturated carbocycles. The lowest BCUT2D eigenvalue weighted by atomic mass is 10.1. The van der Waals surface area contributed by atoms with Gasteiger partial charge in [-0.25, -0.2) is 0 Å². The van der Waals surface area contributed by atoms with Crippen LogP contribution in [0.2, 0.25) is 0 Å². The SMILES string of the molecule is CN1CCCN(Cc2ccc(C(N)=O)cc2N)CC1. The van der Waals surface area contributed by atoms with Crippen molar-refractivity contribution in [3.05, 3.63) is 29.3 Å². The van der Waals surface area contributed by atoms with Crippen LogP contribution in [0.25, 0.3) is 0 Å². The van der Waals surface area contributed by atoms with Gasteiger partial charge in [0.15, 0.2) is 0 Å². The van der Waals surface area contributed by atoms with E-state index in [0.29, 0.717) is 11.3 Å². The minimum Gasteiger partial charge on any atom is -0.398 e. The van der Waals surface area contributed by atoms with Gasteiger partial charge in [-0.2, -0.15) is 0 Å². The van der Waals surface area contributed by atoms with Crippen molar-refractivity contribution in [1.82, 2.24) is 9.80 Å². The number of hydrogen-bond donors (Lipinski definition) is 2.